The van der Waals surface area contributed by atoms with E-state index in [0.717, 1.165) is 3.92 Å². The van der Waals surface area contributed by atoms with Crippen LogP contribution in [0.2, 0.25) is 0 Å². The van der Waals surface area contributed by atoms with Crippen LogP contribution in [0.4, 0.5) is 0 Å². The van der Waals surface area contributed by atoms with Gasteiger partial charge in [0.15, 0.2) is 0 Å². The fourth-order valence-electron chi connectivity index (χ4n) is 2.05. The van der Waals surface area contributed by atoms with Crippen LogP contribution >= 0.6 is 22.6 Å². The van der Waals surface area contributed by atoms with Crippen LogP contribution < -0.4 is 5.32 Å². The van der Waals surface area contributed by atoms with Gasteiger partial charge in [0.05, 0.1) is 0 Å². The van der Waals surface area contributed by atoms with Crippen molar-refractivity contribution in [1.29, 1.82) is 0 Å². The SMILES string of the molecule is CCCCC1(CC)C[C@@H](I)CN1. The first-order valence-electron chi connectivity index (χ1n) is 5.11. The lowest BCUT2D eigenvalue weighted by Crippen LogP contribution is -2.38. The van der Waals surface area contributed by atoms with Crippen LogP contribution in [0.25, 0.3) is 0 Å². The van der Waals surface area contributed by atoms with Gasteiger partial charge in [0.2, 0.25) is 0 Å². The Hall–Kier alpha value is 0.690. The average Bonchev–Trinajstić information content (AvgIpc) is 2.45. The van der Waals surface area contributed by atoms with Gasteiger partial charge in [-0.15, -0.1) is 0 Å². The number of hydrogen-bond donors (Lipinski definition) is 1. The summed E-state index contributed by atoms with van der Waals surface area (Å²) >= 11 is 2.57. The highest BCUT2D eigenvalue weighted by atomic mass is 127. The van der Waals surface area contributed by atoms with Crippen molar-refractivity contribution in [3.05, 3.63) is 0 Å². The van der Waals surface area contributed by atoms with Gasteiger partial charge >= 0.3 is 0 Å². The Morgan fingerprint density at radius 2 is 2.25 bits per heavy atom. The van der Waals surface area contributed by atoms with Gasteiger partial charge in [0.1, 0.15) is 0 Å². The van der Waals surface area contributed by atoms with E-state index < -0.39 is 0 Å². The minimum absolute atomic E-state index is 0.502. The number of hydrogen-bond acceptors (Lipinski definition) is 1. The summed E-state index contributed by atoms with van der Waals surface area (Å²) in [5.41, 5.74) is 0.502. The van der Waals surface area contributed by atoms with Crippen LogP contribution in [-0.2, 0) is 0 Å². The van der Waals surface area contributed by atoms with Gasteiger partial charge in [-0.1, -0.05) is 49.3 Å². The molecule has 0 amide bonds. The lowest BCUT2D eigenvalue weighted by molar-refractivity contribution is 0.327. The molecule has 0 bridgehead atoms. The molecule has 72 valence electrons. The van der Waals surface area contributed by atoms with Gasteiger partial charge in [0.25, 0.3) is 0 Å². The third-order valence-corrected chi connectivity index (χ3v) is 3.88. The van der Waals surface area contributed by atoms with E-state index in [1.54, 1.807) is 0 Å². The summed E-state index contributed by atoms with van der Waals surface area (Å²) in [5.74, 6) is 0. The number of alkyl halides is 1. The predicted molar refractivity (Wildman–Crippen MR) is 63.0 cm³/mol. The quantitative estimate of drug-likeness (QED) is 0.616. The smallest absolute Gasteiger partial charge is 0.0252 e. The van der Waals surface area contributed by atoms with E-state index in [2.05, 4.69) is 41.8 Å². The number of rotatable bonds is 4. The van der Waals surface area contributed by atoms with Gasteiger partial charge in [-0.05, 0) is 19.3 Å². The molecule has 0 aromatic heterocycles. The Balaban J connectivity index is 2.41. The maximum atomic E-state index is 3.70. The molecule has 1 saturated heterocycles. The van der Waals surface area contributed by atoms with Gasteiger partial charge < -0.3 is 5.32 Å². The third-order valence-electron chi connectivity index (χ3n) is 3.00. The monoisotopic (exact) mass is 281 g/mol. The molecular weight excluding hydrogens is 261 g/mol. The molecule has 1 N–H and O–H groups in total. The van der Waals surface area contributed by atoms with Crippen LogP contribution in [0, 0.1) is 0 Å². The van der Waals surface area contributed by atoms with Crippen LogP contribution in [0.5, 0.6) is 0 Å². The van der Waals surface area contributed by atoms with Crippen molar-refractivity contribution in [3.8, 4) is 0 Å². The van der Waals surface area contributed by atoms with E-state index >= 15 is 0 Å². The average molecular weight is 281 g/mol. The van der Waals surface area contributed by atoms with Crippen LogP contribution in [0.1, 0.15) is 46.0 Å². The lowest BCUT2D eigenvalue weighted by Gasteiger charge is -2.28. The van der Waals surface area contributed by atoms with Crippen LogP contribution in [0.3, 0.4) is 0 Å². The van der Waals surface area contributed by atoms with Crippen LogP contribution in [-0.4, -0.2) is 16.0 Å². The van der Waals surface area contributed by atoms with E-state index in [1.807, 2.05) is 0 Å². The topological polar surface area (TPSA) is 12.0 Å². The van der Waals surface area contributed by atoms with Crippen molar-refractivity contribution >= 4 is 22.6 Å². The predicted octanol–water partition coefficient (Wildman–Crippen LogP) is 3.12. The summed E-state index contributed by atoms with van der Waals surface area (Å²) < 4.78 is 0.861. The molecule has 12 heavy (non-hydrogen) atoms. The summed E-state index contributed by atoms with van der Waals surface area (Å²) in [5, 5.41) is 3.70. The normalized spacial score (nSPS) is 35.8. The lowest BCUT2D eigenvalue weighted by atomic mass is 9.88. The molecule has 0 spiro atoms. The highest BCUT2D eigenvalue weighted by Gasteiger charge is 2.34. The molecule has 0 aromatic carbocycles. The van der Waals surface area contributed by atoms with Crippen molar-refractivity contribution in [2.24, 2.45) is 0 Å². The number of nitrogens with one attached hydrogen (secondary N) is 1. The van der Waals surface area contributed by atoms with Gasteiger partial charge in [-0.25, -0.2) is 0 Å². The molecule has 1 unspecified atom stereocenters. The Bertz CT molecular complexity index is 138. The van der Waals surface area contributed by atoms with Crippen molar-refractivity contribution in [1.82, 2.24) is 5.32 Å². The summed E-state index contributed by atoms with van der Waals surface area (Å²) in [7, 11) is 0. The summed E-state index contributed by atoms with van der Waals surface area (Å²) in [6.07, 6.45) is 6.76. The molecule has 2 atom stereocenters. The fourth-order valence-corrected chi connectivity index (χ4v) is 3.11. The molecular formula is C10H20IN. The second-order valence-corrected chi connectivity index (χ2v) is 5.68. The van der Waals surface area contributed by atoms with Gasteiger partial charge in [0, 0.05) is 16.0 Å². The van der Waals surface area contributed by atoms with Crippen molar-refractivity contribution in [2.45, 2.75) is 55.4 Å². The van der Waals surface area contributed by atoms with E-state index in [4.69, 9.17) is 0 Å². The Kier molecular flexibility index (Phi) is 4.30. The van der Waals surface area contributed by atoms with E-state index in [1.165, 1.54) is 38.6 Å². The first-order chi connectivity index (χ1) is 5.72. The summed E-state index contributed by atoms with van der Waals surface area (Å²) in [6, 6.07) is 0. The minimum atomic E-state index is 0.502. The van der Waals surface area contributed by atoms with Crippen LogP contribution in [0.15, 0.2) is 0 Å². The molecule has 1 nitrogen and oxygen atoms in total. The van der Waals surface area contributed by atoms with Crippen molar-refractivity contribution in [3.63, 3.8) is 0 Å². The molecule has 0 aliphatic carbocycles. The second kappa shape index (κ2) is 4.80. The molecule has 0 aromatic rings. The standard InChI is InChI=1S/C10H20IN/c1-3-5-6-10(4-2)7-9(11)8-12-10/h9,12H,3-8H2,1-2H3/t9-,10?/m1/s1. The Labute approximate surface area is 89.8 Å². The molecule has 1 heterocycles. The van der Waals surface area contributed by atoms with E-state index in [0.29, 0.717) is 5.54 Å². The molecule has 0 radical (unpaired) electrons. The maximum absolute atomic E-state index is 3.70. The fraction of sp³-hybridized carbons (Fsp3) is 1.00. The van der Waals surface area contributed by atoms with E-state index in [9.17, 15) is 0 Å². The molecule has 1 aliphatic rings. The zero-order chi connectivity index (χ0) is 9.03. The summed E-state index contributed by atoms with van der Waals surface area (Å²) in [6.45, 7) is 5.81. The molecule has 2 heteroatoms. The zero-order valence-electron chi connectivity index (χ0n) is 8.20. The zero-order valence-corrected chi connectivity index (χ0v) is 10.4. The van der Waals surface area contributed by atoms with E-state index in [-0.39, 0.29) is 0 Å². The Morgan fingerprint density at radius 1 is 1.50 bits per heavy atom. The van der Waals surface area contributed by atoms with Crippen molar-refractivity contribution < 1.29 is 0 Å². The first kappa shape index (κ1) is 10.8. The highest BCUT2D eigenvalue weighted by Crippen LogP contribution is 2.31. The molecule has 1 fully saturated rings. The Morgan fingerprint density at radius 3 is 2.67 bits per heavy atom. The highest BCUT2D eigenvalue weighted by molar-refractivity contribution is 14.1. The molecule has 0 saturated carbocycles. The largest absolute Gasteiger partial charge is 0.310 e. The third kappa shape index (κ3) is 2.59. The first-order valence-corrected chi connectivity index (χ1v) is 6.36. The summed E-state index contributed by atoms with van der Waals surface area (Å²) in [4.78, 5) is 0. The maximum Gasteiger partial charge on any atom is 0.0252 e. The van der Waals surface area contributed by atoms with Crippen molar-refractivity contribution in [2.75, 3.05) is 6.54 Å². The van der Waals surface area contributed by atoms with Gasteiger partial charge in [-0.3, -0.25) is 0 Å². The number of unbranched alkanes of at least 4 members (excludes halogenated alkanes) is 1. The van der Waals surface area contributed by atoms with Gasteiger partial charge in [-0.2, -0.15) is 0 Å². The number of halogens is 1. The molecule has 1 aliphatic heterocycles. The minimum Gasteiger partial charge on any atom is -0.310 e. The molecule has 1 rings (SSSR count). The second-order valence-electron chi connectivity index (χ2n) is 3.92.